The second kappa shape index (κ2) is 11.2. The predicted molar refractivity (Wildman–Crippen MR) is 82.4 cm³/mol. The van der Waals surface area contributed by atoms with Gasteiger partial charge in [-0.15, -0.1) is 0 Å². The molecule has 0 aromatic carbocycles. The van der Waals surface area contributed by atoms with Crippen LogP contribution in [0.25, 0.3) is 0 Å². The summed E-state index contributed by atoms with van der Waals surface area (Å²) in [5.41, 5.74) is 0. The summed E-state index contributed by atoms with van der Waals surface area (Å²) in [6.07, 6.45) is 4.02. The first-order valence-corrected chi connectivity index (χ1v) is 7.67. The molecule has 0 radical (unpaired) electrons. The monoisotopic (exact) mass is 271 g/mol. The van der Waals surface area contributed by atoms with Gasteiger partial charge in [-0.1, -0.05) is 13.8 Å². The standard InChI is InChI=1S/C15H33N3O/c1-6-18(7-2)13-9-10-14(3)16-12-8-11-15(19)17(4)5/h14,16H,6-13H2,1-5H3. The molecule has 0 saturated carbocycles. The minimum Gasteiger partial charge on any atom is -0.349 e. The number of amides is 1. The second-order valence-corrected chi connectivity index (χ2v) is 5.42. The normalized spacial score (nSPS) is 12.7. The first-order valence-electron chi connectivity index (χ1n) is 7.67. The van der Waals surface area contributed by atoms with E-state index in [0.29, 0.717) is 12.5 Å². The van der Waals surface area contributed by atoms with Crippen LogP contribution in [0.1, 0.15) is 46.5 Å². The van der Waals surface area contributed by atoms with Crippen molar-refractivity contribution in [2.24, 2.45) is 0 Å². The van der Waals surface area contributed by atoms with Crippen LogP contribution >= 0.6 is 0 Å². The summed E-state index contributed by atoms with van der Waals surface area (Å²) in [4.78, 5) is 15.5. The fraction of sp³-hybridized carbons (Fsp3) is 0.933. The van der Waals surface area contributed by atoms with Gasteiger partial charge in [0.25, 0.3) is 0 Å². The average molecular weight is 271 g/mol. The van der Waals surface area contributed by atoms with E-state index in [4.69, 9.17) is 0 Å². The molecule has 4 nitrogen and oxygen atoms in total. The average Bonchev–Trinajstić information content (AvgIpc) is 2.39. The third kappa shape index (κ3) is 9.91. The van der Waals surface area contributed by atoms with Crippen LogP contribution in [0, 0.1) is 0 Å². The summed E-state index contributed by atoms with van der Waals surface area (Å²) in [5, 5.41) is 3.50. The molecule has 0 bridgehead atoms. The zero-order chi connectivity index (χ0) is 14.7. The molecule has 0 aliphatic rings. The SMILES string of the molecule is CCN(CC)CCCC(C)NCCCC(=O)N(C)C. The van der Waals surface area contributed by atoms with E-state index in [2.05, 4.69) is 31.0 Å². The number of rotatable bonds is 11. The van der Waals surface area contributed by atoms with Gasteiger partial charge in [0, 0.05) is 26.6 Å². The van der Waals surface area contributed by atoms with Crippen LogP contribution in [-0.2, 0) is 4.79 Å². The van der Waals surface area contributed by atoms with Crippen LogP contribution in [0.5, 0.6) is 0 Å². The number of carbonyl (C=O) groups is 1. The summed E-state index contributed by atoms with van der Waals surface area (Å²) in [6.45, 7) is 11.1. The van der Waals surface area contributed by atoms with Gasteiger partial charge in [0.05, 0.1) is 0 Å². The van der Waals surface area contributed by atoms with E-state index >= 15 is 0 Å². The lowest BCUT2D eigenvalue weighted by atomic mass is 10.1. The molecule has 4 heteroatoms. The number of carbonyl (C=O) groups excluding carboxylic acids is 1. The molecular formula is C15H33N3O. The molecule has 1 amide bonds. The molecule has 1 unspecified atom stereocenters. The molecule has 1 N–H and O–H groups in total. The molecule has 0 saturated heterocycles. The highest BCUT2D eigenvalue weighted by Gasteiger charge is 2.05. The molecule has 0 aliphatic heterocycles. The third-order valence-corrected chi connectivity index (χ3v) is 3.56. The number of hydrogen-bond acceptors (Lipinski definition) is 3. The molecule has 0 aromatic heterocycles. The maximum Gasteiger partial charge on any atom is 0.222 e. The van der Waals surface area contributed by atoms with Crippen LogP contribution in [0.2, 0.25) is 0 Å². The lowest BCUT2D eigenvalue weighted by molar-refractivity contribution is -0.128. The van der Waals surface area contributed by atoms with Gasteiger partial charge in [-0.25, -0.2) is 0 Å². The third-order valence-electron chi connectivity index (χ3n) is 3.56. The lowest BCUT2D eigenvalue weighted by Gasteiger charge is -2.19. The molecule has 0 spiro atoms. The molecule has 0 aromatic rings. The molecule has 1 atom stereocenters. The van der Waals surface area contributed by atoms with Crippen LogP contribution in [0.3, 0.4) is 0 Å². The van der Waals surface area contributed by atoms with Gasteiger partial charge >= 0.3 is 0 Å². The lowest BCUT2D eigenvalue weighted by Crippen LogP contribution is -2.30. The van der Waals surface area contributed by atoms with Crippen LogP contribution in [0.4, 0.5) is 0 Å². The van der Waals surface area contributed by atoms with Crippen LogP contribution in [-0.4, -0.2) is 62.0 Å². The van der Waals surface area contributed by atoms with E-state index in [1.165, 1.54) is 19.4 Å². The summed E-state index contributed by atoms with van der Waals surface area (Å²) in [6, 6.07) is 0.546. The van der Waals surface area contributed by atoms with E-state index in [1.807, 2.05) is 14.1 Å². The first kappa shape index (κ1) is 18.4. The Morgan fingerprint density at radius 2 is 1.79 bits per heavy atom. The topological polar surface area (TPSA) is 35.6 Å². The summed E-state index contributed by atoms with van der Waals surface area (Å²) < 4.78 is 0. The molecule has 0 fully saturated rings. The molecule has 19 heavy (non-hydrogen) atoms. The maximum atomic E-state index is 11.4. The highest BCUT2D eigenvalue weighted by Crippen LogP contribution is 2.00. The Morgan fingerprint density at radius 1 is 1.16 bits per heavy atom. The van der Waals surface area contributed by atoms with E-state index in [-0.39, 0.29) is 5.91 Å². The minimum atomic E-state index is 0.219. The molecule has 0 rings (SSSR count). The Balaban J connectivity index is 3.49. The van der Waals surface area contributed by atoms with Gasteiger partial charge in [0.15, 0.2) is 0 Å². The van der Waals surface area contributed by atoms with E-state index < -0.39 is 0 Å². The molecule has 0 heterocycles. The van der Waals surface area contributed by atoms with Crippen LogP contribution in [0.15, 0.2) is 0 Å². The van der Waals surface area contributed by atoms with Crippen molar-refractivity contribution < 1.29 is 4.79 Å². The quantitative estimate of drug-likeness (QED) is 0.584. The molecular weight excluding hydrogens is 238 g/mol. The van der Waals surface area contributed by atoms with Crippen molar-refractivity contribution in [3.05, 3.63) is 0 Å². The number of nitrogens with one attached hydrogen (secondary N) is 1. The van der Waals surface area contributed by atoms with E-state index in [0.717, 1.165) is 26.1 Å². The maximum absolute atomic E-state index is 11.4. The first-order chi connectivity index (χ1) is 9.01. The van der Waals surface area contributed by atoms with Gasteiger partial charge in [0.1, 0.15) is 0 Å². The smallest absolute Gasteiger partial charge is 0.222 e. The fourth-order valence-electron chi connectivity index (χ4n) is 2.07. The Labute approximate surface area is 119 Å². The van der Waals surface area contributed by atoms with Gasteiger partial charge < -0.3 is 15.1 Å². The van der Waals surface area contributed by atoms with Crippen molar-refractivity contribution in [3.63, 3.8) is 0 Å². The zero-order valence-electron chi connectivity index (χ0n) is 13.5. The fourth-order valence-corrected chi connectivity index (χ4v) is 2.07. The number of hydrogen-bond donors (Lipinski definition) is 1. The second-order valence-electron chi connectivity index (χ2n) is 5.42. The van der Waals surface area contributed by atoms with Crippen molar-refractivity contribution in [1.29, 1.82) is 0 Å². The Bertz CT molecular complexity index is 227. The molecule has 0 aliphatic carbocycles. The predicted octanol–water partition coefficient (Wildman–Crippen LogP) is 1.95. The summed E-state index contributed by atoms with van der Waals surface area (Å²) in [5.74, 6) is 0.219. The summed E-state index contributed by atoms with van der Waals surface area (Å²) in [7, 11) is 3.62. The largest absolute Gasteiger partial charge is 0.349 e. The van der Waals surface area contributed by atoms with Crippen LogP contribution < -0.4 is 5.32 Å². The van der Waals surface area contributed by atoms with Gasteiger partial charge in [-0.2, -0.15) is 0 Å². The zero-order valence-corrected chi connectivity index (χ0v) is 13.5. The van der Waals surface area contributed by atoms with Gasteiger partial charge in [-0.05, 0) is 52.4 Å². The Morgan fingerprint density at radius 3 is 2.32 bits per heavy atom. The highest BCUT2D eigenvalue weighted by atomic mass is 16.2. The summed E-state index contributed by atoms with van der Waals surface area (Å²) >= 11 is 0. The Kier molecular flexibility index (Phi) is 10.9. The van der Waals surface area contributed by atoms with Crippen molar-refractivity contribution in [1.82, 2.24) is 15.1 Å². The van der Waals surface area contributed by atoms with Crippen molar-refractivity contribution in [3.8, 4) is 0 Å². The van der Waals surface area contributed by atoms with Crippen molar-refractivity contribution in [2.45, 2.75) is 52.5 Å². The van der Waals surface area contributed by atoms with Crippen molar-refractivity contribution >= 4 is 5.91 Å². The highest BCUT2D eigenvalue weighted by molar-refractivity contribution is 5.75. The minimum absolute atomic E-state index is 0.219. The van der Waals surface area contributed by atoms with E-state index in [1.54, 1.807) is 4.90 Å². The molecule has 114 valence electrons. The van der Waals surface area contributed by atoms with Gasteiger partial charge in [-0.3, -0.25) is 4.79 Å². The van der Waals surface area contributed by atoms with E-state index in [9.17, 15) is 4.79 Å². The number of nitrogens with zero attached hydrogens (tertiary/aromatic N) is 2. The van der Waals surface area contributed by atoms with Crippen molar-refractivity contribution in [2.75, 3.05) is 40.3 Å². The Hall–Kier alpha value is -0.610. The van der Waals surface area contributed by atoms with Gasteiger partial charge in [0.2, 0.25) is 5.91 Å².